The molecule has 12 nitrogen and oxygen atoms in total. The van der Waals surface area contributed by atoms with Gasteiger partial charge in [0.15, 0.2) is 58.0 Å². The molecule has 97 heavy (non-hydrogen) atoms. The monoisotopic (exact) mass is 1350 g/mol. The molecule has 0 aliphatic rings. The summed E-state index contributed by atoms with van der Waals surface area (Å²) >= 11 is 0. The zero-order chi connectivity index (χ0) is 74.4. The zero-order valence-corrected chi connectivity index (χ0v) is 56.9. The van der Waals surface area contributed by atoms with Crippen LogP contribution in [0.15, 0.2) is 170 Å². The van der Waals surface area contributed by atoms with Crippen molar-refractivity contribution in [3.05, 3.63) is 292 Å². The number of halogens is 9. The Morgan fingerprint density at radius 3 is 1.00 bits per heavy atom. The van der Waals surface area contributed by atoms with E-state index in [9.17, 15) is 88.5 Å². The molecule has 518 valence electrons. The van der Waals surface area contributed by atoms with Gasteiger partial charge in [-0.3, -0.25) is 49.0 Å². The number of carbonyl (C=O) groups excluding carboxylic acids is 6. The number of nitrogens with zero attached hydrogens (tertiary/aromatic N) is 2. The van der Waals surface area contributed by atoms with Crippen molar-refractivity contribution in [2.45, 2.75) is 147 Å². The Bertz CT molecular complexity index is 3810. The van der Waals surface area contributed by atoms with Gasteiger partial charge in [0.25, 0.3) is 11.4 Å². The zero-order valence-electron chi connectivity index (χ0n) is 56.9. The number of rotatable bonds is 13. The van der Waals surface area contributed by atoms with Crippen molar-refractivity contribution in [1.29, 1.82) is 0 Å². The Kier molecular flexibility index (Phi) is 35.9. The second-order valence-corrected chi connectivity index (χ2v) is 23.1. The van der Waals surface area contributed by atoms with E-state index in [1.54, 1.807) is 103 Å². The molecule has 0 fully saturated rings. The van der Waals surface area contributed by atoms with Crippen molar-refractivity contribution in [3.8, 4) is 0 Å². The lowest BCUT2D eigenvalue weighted by atomic mass is 10.0. The predicted octanol–water partition coefficient (Wildman–Crippen LogP) is 22.0. The van der Waals surface area contributed by atoms with Gasteiger partial charge in [-0.15, -0.1) is 0 Å². The molecule has 0 spiro atoms. The fourth-order valence-corrected chi connectivity index (χ4v) is 8.10. The standard InChI is InChI=1S/C10H11F3.3C10H10O2.C9H7F5.C9H11F.2C9H11NO2/c1-7(2)8-3-5-9(6-4-8)10(11,12)13;1-7(11)9-3-5-10(6-4-9)8(2)12;1-7(11)9-4-3-5-10(6-9)8(2)12;1-7(11)9-5-3-4-6-10(9)8(2)12;1-3(2)4-5(10)7(12)9(14)8(13)6(4)11;1-7(2)8-5-3-4-6-9(8)10;1-7(2)8-3-5-9(6-4-8)10(11)12;1-7(2)8-4-3-5-9(6-8)10(11)12/h3-7H,1-2H3;3*3-6H,1-2H3;3H,1-2H3;3-7H,1-2H3;2*3-7H,1-2H3. The van der Waals surface area contributed by atoms with E-state index < -0.39 is 52.3 Å². The smallest absolute Gasteiger partial charge is 0.295 e. The molecule has 0 radical (unpaired) electrons. The van der Waals surface area contributed by atoms with E-state index in [0.29, 0.717) is 45.2 Å². The van der Waals surface area contributed by atoms with Crippen molar-refractivity contribution < 1.29 is 78.1 Å². The molecule has 0 aromatic heterocycles. The number of nitro benzene ring substituents is 2. The van der Waals surface area contributed by atoms with Crippen LogP contribution in [0.5, 0.6) is 0 Å². The molecule has 0 amide bonds. The molecule has 0 heterocycles. The molecule has 0 aliphatic heterocycles. The number of hydrogen-bond donors (Lipinski definition) is 0. The van der Waals surface area contributed by atoms with Gasteiger partial charge in [0.1, 0.15) is 5.82 Å². The van der Waals surface area contributed by atoms with E-state index in [4.69, 9.17) is 0 Å². The Hall–Kier alpha value is -10.1. The van der Waals surface area contributed by atoms with Crippen LogP contribution in [0.4, 0.5) is 50.9 Å². The van der Waals surface area contributed by atoms with Gasteiger partial charge in [-0.1, -0.05) is 191 Å². The summed E-state index contributed by atoms with van der Waals surface area (Å²) in [5.41, 5.74) is 6.26. The number of nitro groups is 2. The van der Waals surface area contributed by atoms with E-state index in [0.717, 1.165) is 34.4 Å². The van der Waals surface area contributed by atoms with E-state index in [1.165, 1.54) is 91.8 Å². The maximum absolute atomic E-state index is 12.9. The molecule has 8 aromatic carbocycles. The van der Waals surface area contributed by atoms with Crippen molar-refractivity contribution >= 4 is 46.1 Å². The van der Waals surface area contributed by atoms with Gasteiger partial charge in [0.05, 0.1) is 15.4 Å². The first-order valence-electron chi connectivity index (χ1n) is 30.3. The fourth-order valence-electron chi connectivity index (χ4n) is 8.10. The Morgan fingerprint density at radius 2 is 0.691 bits per heavy atom. The minimum Gasteiger partial charge on any atom is -0.295 e. The average Bonchev–Trinajstić information content (AvgIpc) is 0.793. The van der Waals surface area contributed by atoms with Crippen molar-refractivity contribution in [3.63, 3.8) is 0 Å². The van der Waals surface area contributed by atoms with Crippen LogP contribution in [-0.2, 0) is 6.18 Å². The summed E-state index contributed by atoms with van der Waals surface area (Å²) in [5.74, 6) is -9.11. The number of hydrogen-bond acceptors (Lipinski definition) is 10. The van der Waals surface area contributed by atoms with Crippen molar-refractivity contribution in [1.82, 2.24) is 0 Å². The molecule has 8 aromatic rings. The Balaban J connectivity index is 0.000000555. The van der Waals surface area contributed by atoms with E-state index >= 15 is 0 Å². The molecular formula is C76H81F9N2O10. The molecule has 0 saturated heterocycles. The minimum atomic E-state index is -4.23. The number of Topliss-reactive ketones (excluding diaryl/α,β-unsaturated/α-hetero) is 6. The highest BCUT2D eigenvalue weighted by atomic mass is 19.4. The summed E-state index contributed by atoms with van der Waals surface area (Å²) in [6.45, 7) is 27.6. The van der Waals surface area contributed by atoms with Gasteiger partial charge in [0, 0.05) is 63.2 Å². The summed E-state index contributed by atoms with van der Waals surface area (Å²) in [7, 11) is 0. The van der Waals surface area contributed by atoms with Gasteiger partial charge < -0.3 is 0 Å². The third-order valence-corrected chi connectivity index (χ3v) is 13.8. The van der Waals surface area contributed by atoms with E-state index in [-0.39, 0.29) is 73.6 Å². The van der Waals surface area contributed by atoms with Gasteiger partial charge >= 0.3 is 6.18 Å². The van der Waals surface area contributed by atoms with E-state index in [1.807, 2.05) is 59.7 Å². The highest BCUT2D eigenvalue weighted by Crippen LogP contribution is 2.31. The topological polar surface area (TPSA) is 189 Å². The number of ketones is 6. The van der Waals surface area contributed by atoms with Crippen LogP contribution in [0.3, 0.4) is 0 Å². The molecule has 0 aliphatic carbocycles. The minimum absolute atomic E-state index is 0.0156. The molecule has 0 saturated carbocycles. The molecular weight excluding hydrogens is 1270 g/mol. The lowest BCUT2D eigenvalue weighted by Crippen LogP contribution is -2.08. The number of alkyl halides is 3. The first kappa shape index (κ1) is 85.0. The van der Waals surface area contributed by atoms with Crippen LogP contribution in [-0.4, -0.2) is 44.5 Å². The first-order chi connectivity index (χ1) is 45.1. The average molecular weight is 1350 g/mol. The third-order valence-electron chi connectivity index (χ3n) is 13.8. The lowest BCUT2D eigenvalue weighted by Gasteiger charge is -2.10. The van der Waals surface area contributed by atoms with Crippen LogP contribution < -0.4 is 0 Å². The third kappa shape index (κ3) is 29.2. The maximum Gasteiger partial charge on any atom is 0.416 e. The summed E-state index contributed by atoms with van der Waals surface area (Å²) < 4.78 is 113. The van der Waals surface area contributed by atoms with Crippen LogP contribution in [0, 0.1) is 55.1 Å². The molecule has 21 heteroatoms. The Morgan fingerprint density at radius 1 is 0.340 bits per heavy atom. The first-order valence-corrected chi connectivity index (χ1v) is 30.3. The normalized spacial score (nSPS) is 10.4. The maximum atomic E-state index is 12.9. The second kappa shape index (κ2) is 41.0. The van der Waals surface area contributed by atoms with Crippen LogP contribution in [0.2, 0.25) is 0 Å². The number of benzene rings is 8. The van der Waals surface area contributed by atoms with E-state index in [2.05, 4.69) is 13.8 Å². The quantitative estimate of drug-likeness (QED) is 0.0268. The van der Waals surface area contributed by atoms with Crippen LogP contribution in [0.1, 0.15) is 236 Å². The highest BCUT2D eigenvalue weighted by Gasteiger charge is 2.30. The van der Waals surface area contributed by atoms with Crippen molar-refractivity contribution in [2.24, 2.45) is 0 Å². The summed E-state index contributed by atoms with van der Waals surface area (Å²) in [6.07, 6.45) is -4.23. The Labute approximate surface area is 560 Å². The molecule has 0 unspecified atom stereocenters. The van der Waals surface area contributed by atoms with Crippen LogP contribution in [0.25, 0.3) is 0 Å². The van der Waals surface area contributed by atoms with Gasteiger partial charge in [-0.2, -0.15) is 13.2 Å². The highest BCUT2D eigenvalue weighted by molar-refractivity contribution is 6.07. The molecule has 0 bridgehead atoms. The summed E-state index contributed by atoms with van der Waals surface area (Å²) in [5, 5.41) is 20.7. The van der Waals surface area contributed by atoms with Gasteiger partial charge in [0.2, 0.25) is 5.82 Å². The summed E-state index contributed by atoms with van der Waals surface area (Å²) in [4.78, 5) is 85.5. The number of non-ortho nitro benzene ring substituents is 2. The lowest BCUT2D eigenvalue weighted by molar-refractivity contribution is -0.385. The molecule has 0 atom stereocenters. The SMILES string of the molecule is CC(=O)c1ccc(C(C)=O)cc1.CC(=O)c1cccc(C(C)=O)c1.CC(=O)c1ccccc1C(C)=O.CC(C)c1c(F)c(F)c(F)c(F)c1F.CC(C)c1ccc(C(F)(F)F)cc1.CC(C)c1ccc([N+](=O)[O-])cc1.CC(C)c1cccc([N+](=O)[O-])c1.CC(C)c1ccccc1F. The molecule has 0 N–H and O–H groups in total. The summed E-state index contributed by atoms with van der Waals surface area (Å²) in [6, 6.07) is 45.8. The van der Waals surface area contributed by atoms with Crippen LogP contribution >= 0.6 is 0 Å². The van der Waals surface area contributed by atoms with Gasteiger partial charge in [-0.05, 0) is 118 Å². The fraction of sp³-hybridized carbons (Fsp3) is 0.289. The largest absolute Gasteiger partial charge is 0.416 e. The second-order valence-electron chi connectivity index (χ2n) is 23.1. The predicted molar refractivity (Wildman–Crippen MR) is 360 cm³/mol. The molecule has 8 rings (SSSR count). The van der Waals surface area contributed by atoms with Crippen molar-refractivity contribution in [2.75, 3.05) is 0 Å². The number of carbonyl (C=O) groups is 6. The van der Waals surface area contributed by atoms with Gasteiger partial charge in [-0.25, -0.2) is 26.3 Å².